The summed E-state index contributed by atoms with van der Waals surface area (Å²) < 4.78 is 0. The third-order valence-corrected chi connectivity index (χ3v) is 2.41. The molecule has 0 aromatic heterocycles. The van der Waals surface area contributed by atoms with E-state index in [4.69, 9.17) is 5.11 Å². The number of nitrogens with one attached hydrogen (secondary N) is 1. The van der Waals surface area contributed by atoms with E-state index >= 15 is 0 Å². The Morgan fingerprint density at radius 3 is 2.20 bits per heavy atom. The molecule has 1 aliphatic heterocycles. The number of aliphatic hydroxyl groups is 1. The second kappa shape index (κ2) is 5.01. The summed E-state index contributed by atoms with van der Waals surface area (Å²) in [5.74, 6) is 0. The van der Waals surface area contributed by atoms with E-state index in [1.165, 1.54) is 4.90 Å². The zero-order chi connectivity index (χ0) is 10.9. The van der Waals surface area contributed by atoms with Crippen LogP contribution < -0.4 is 5.32 Å². The molecule has 5 nitrogen and oxygen atoms in total. The highest BCUT2D eigenvalue weighted by atomic mass is 35.5. The van der Waals surface area contributed by atoms with Gasteiger partial charge in [0.05, 0.1) is 12.1 Å². The van der Waals surface area contributed by atoms with Crippen LogP contribution in [0.25, 0.3) is 0 Å². The minimum absolute atomic E-state index is 0. The highest BCUT2D eigenvalue weighted by Gasteiger charge is 2.39. The molecule has 1 heterocycles. The molecule has 0 aromatic rings. The van der Waals surface area contributed by atoms with E-state index in [1.807, 2.05) is 20.8 Å². The summed E-state index contributed by atoms with van der Waals surface area (Å²) >= 11 is 0. The predicted molar refractivity (Wildman–Crippen MR) is 59.5 cm³/mol. The summed E-state index contributed by atoms with van der Waals surface area (Å²) in [6.07, 6.45) is -1.59. The molecule has 3 N–H and O–H groups in total. The molecule has 0 unspecified atom stereocenters. The SMILES string of the molecule is CC(C)(C)N(C(=O)O)[C@@H]1CNC[C@H]1O.Cl. The lowest BCUT2D eigenvalue weighted by Crippen LogP contribution is -2.55. The molecule has 0 aliphatic carbocycles. The lowest BCUT2D eigenvalue weighted by atomic mass is 10.0. The molecule has 1 amide bonds. The van der Waals surface area contributed by atoms with E-state index in [0.29, 0.717) is 13.1 Å². The molecule has 0 spiro atoms. The summed E-state index contributed by atoms with van der Waals surface area (Å²) in [5.41, 5.74) is -0.483. The Morgan fingerprint density at radius 1 is 1.40 bits per heavy atom. The van der Waals surface area contributed by atoms with Crippen LogP contribution in [0.1, 0.15) is 20.8 Å². The smallest absolute Gasteiger partial charge is 0.408 e. The number of nitrogens with zero attached hydrogens (tertiary/aromatic N) is 1. The number of hydrogen-bond donors (Lipinski definition) is 3. The normalized spacial score (nSPS) is 25.9. The first-order valence-electron chi connectivity index (χ1n) is 4.75. The number of carbonyl (C=O) groups is 1. The first-order chi connectivity index (χ1) is 6.34. The third-order valence-electron chi connectivity index (χ3n) is 2.41. The van der Waals surface area contributed by atoms with Crippen molar-refractivity contribution in [3.8, 4) is 0 Å². The molecule has 0 bridgehead atoms. The number of β-amino-alcohol motifs (C(OH)–C–C–N with tert-alkyl or cyclic N) is 1. The van der Waals surface area contributed by atoms with Crippen LogP contribution in [0.3, 0.4) is 0 Å². The topological polar surface area (TPSA) is 72.8 Å². The van der Waals surface area contributed by atoms with Gasteiger partial charge in [-0.1, -0.05) is 0 Å². The molecule has 0 radical (unpaired) electrons. The fourth-order valence-electron chi connectivity index (χ4n) is 1.84. The Kier molecular flexibility index (Phi) is 4.83. The van der Waals surface area contributed by atoms with Gasteiger partial charge in [-0.3, -0.25) is 4.90 Å². The van der Waals surface area contributed by atoms with Gasteiger partial charge in [0.2, 0.25) is 0 Å². The maximum Gasteiger partial charge on any atom is 0.408 e. The van der Waals surface area contributed by atoms with Gasteiger partial charge in [0.25, 0.3) is 0 Å². The fraction of sp³-hybridized carbons (Fsp3) is 0.889. The Balaban J connectivity index is 0.00000196. The molecule has 0 aromatic carbocycles. The van der Waals surface area contributed by atoms with Gasteiger partial charge in [-0.2, -0.15) is 0 Å². The van der Waals surface area contributed by atoms with Gasteiger partial charge in [-0.05, 0) is 20.8 Å². The van der Waals surface area contributed by atoms with Crippen LogP contribution in [0.5, 0.6) is 0 Å². The van der Waals surface area contributed by atoms with Crippen molar-refractivity contribution in [1.82, 2.24) is 10.2 Å². The van der Waals surface area contributed by atoms with Gasteiger partial charge < -0.3 is 15.5 Å². The van der Waals surface area contributed by atoms with Crippen molar-refractivity contribution in [2.45, 2.75) is 38.5 Å². The van der Waals surface area contributed by atoms with Crippen LogP contribution in [-0.2, 0) is 0 Å². The van der Waals surface area contributed by atoms with Gasteiger partial charge >= 0.3 is 6.09 Å². The van der Waals surface area contributed by atoms with Crippen molar-refractivity contribution in [2.75, 3.05) is 13.1 Å². The van der Waals surface area contributed by atoms with Crippen molar-refractivity contribution in [3.63, 3.8) is 0 Å². The Morgan fingerprint density at radius 2 is 1.93 bits per heavy atom. The van der Waals surface area contributed by atoms with E-state index in [-0.39, 0.29) is 18.4 Å². The molecule has 15 heavy (non-hydrogen) atoms. The fourth-order valence-corrected chi connectivity index (χ4v) is 1.84. The first-order valence-corrected chi connectivity index (χ1v) is 4.75. The number of aliphatic hydroxyl groups excluding tert-OH is 1. The van der Waals surface area contributed by atoms with Crippen LogP contribution in [0.4, 0.5) is 4.79 Å². The maximum atomic E-state index is 11.1. The third kappa shape index (κ3) is 3.22. The van der Waals surface area contributed by atoms with Crippen molar-refractivity contribution in [1.29, 1.82) is 0 Å². The summed E-state index contributed by atoms with van der Waals surface area (Å²) in [4.78, 5) is 12.4. The Labute approximate surface area is 95.9 Å². The number of rotatable bonds is 1. The largest absolute Gasteiger partial charge is 0.465 e. The second-order valence-corrected chi connectivity index (χ2v) is 4.62. The molecule has 1 aliphatic rings. The van der Waals surface area contributed by atoms with E-state index in [1.54, 1.807) is 0 Å². The van der Waals surface area contributed by atoms with Crippen LogP contribution in [-0.4, -0.2) is 52.0 Å². The zero-order valence-corrected chi connectivity index (χ0v) is 10.0. The highest BCUT2D eigenvalue weighted by Crippen LogP contribution is 2.21. The van der Waals surface area contributed by atoms with Crippen molar-refractivity contribution < 1.29 is 15.0 Å². The first kappa shape index (κ1) is 14.5. The summed E-state index contributed by atoms with van der Waals surface area (Å²) in [6.45, 7) is 6.46. The maximum absolute atomic E-state index is 11.1. The van der Waals surface area contributed by atoms with Gasteiger partial charge in [-0.15, -0.1) is 12.4 Å². The average molecular weight is 239 g/mol. The number of amides is 1. The van der Waals surface area contributed by atoms with Gasteiger partial charge in [0.15, 0.2) is 0 Å². The average Bonchev–Trinajstić information content (AvgIpc) is 2.32. The lowest BCUT2D eigenvalue weighted by molar-refractivity contribution is 0.0298. The molecule has 2 atom stereocenters. The van der Waals surface area contributed by atoms with E-state index in [9.17, 15) is 9.90 Å². The molecule has 1 saturated heterocycles. The molecule has 1 fully saturated rings. The highest BCUT2D eigenvalue weighted by molar-refractivity contribution is 5.85. The van der Waals surface area contributed by atoms with Gasteiger partial charge in [-0.25, -0.2) is 4.79 Å². The summed E-state index contributed by atoms with van der Waals surface area (Å²) in [6, 6.07) is -0.340. The number of carboxylic acid groups (broad SMARTS) is 1. The van der Waals surface area contributed by atoms with Crippen LogP contribution in [0.15, 0.2) is 0 Å². The van der Waals surface area contributed by atoms with Gasteiger partial charge in [0, 0.05) is 18.6 Å². The summed E-state index contributed by atoms with van der Waals surface area (Å²) in [5, 5.41) is 21.7. The number of hydrogen-bond acceptors (Lipinski definition) is 3. The quantitative estimate of drug-likeness (QED) is 0.623. The van der Waals surface area contributed by atoms with Crippen LogP contribution in [0, 0.1) is 0 Å². The lowest BCUT2D eigenvalue weighted by Gasteiger charge is -2.38. The molecule has 0 saturated carbocycles. The molecule has 1 rings (SSSR count). The van der Waals surface area contributed by atoms with Crippen LogP contribution in [0.2, 0.25) is 0 Å². The predicted octanol–water partition coefficient (Wildman–Crippen LogP) is 0.519. The number of halogens is 1. The molecule has 90 valence electrons. The molecule has 6 heteroatoms. The van der Waals surface area contributed by atoms with E-state index in [0.717, 1.165) is 0 Å². The van der Waals surface area contributed by atoms with Crippen molar-refractivity contribution in [2.24, 2.45) is 0 Å². The molecular weight excluding hydrogens is 220 g/mol. The summed E-state index contributed by atoms with van der Waals surface area (Å²) in [7, 11) is 0. The van der Waals surface area contributed by atoms with Crippen molar-refractivity contribution in [3.05, 3.63) is 0 Å². The van der Waals surface area contributed by atoms with E-state index < -0.39 is 17.7 Å². The minimum Gasteiger partial charge on any atom is -0.465 e. The van der Waals surface area contributed by atoms with Crippen molar-refractivity contribution >= 4 is 18.5 Å². The van der Waals surface area contributed by atoms with Crippen LogP contribution >= 0.6 is 12.4 Å². The standard InChI is InChI=1S/C9H18N2O3.ClH/c1-9(2,3)11(8(13)14)6-4-10-5-7(6)12;/h6-7,10,12H,4-5H2,1-3H3,(H,13,14);1H/t6-,7-;/m1./s1. The second-order valence-electron chi connectivity index (χ2n) is 4.62. The Hall–Kier alpha value is -0.520. The van der Waals surface area contributed by atoms with E-state index in [2.05, 4.69) is 5.32 Å². The Bertz CT molecular complexity index is 230. The monoisotopic (exact) mass is 238 g/mol. The molecular formula is C9H19ClN2O3. The zero-order valence-electron chi connectivity index (χ0n) is 9.23. The minimum atomic E-state index is -0.981. The van der Waals surface area contributed by atoms with Gasteiger partial charge in [0.1, 0.15) is 0 Å².